The van der Waals surface area contributed by atoms with Crippen LogP contribution in [0.5, 0.6) is 17.2 Å². The lowest BCUT2D eigenvalue weighted by molar-refractivity contribution is 0.0655. The highest BCUT2D eigenvalue weighted by Gasteiger charge is 2.26. The number of amides is 1. The van der Waals surface area contributed by atoms with Gasteiger partial charge in [0.2, 0.25) is 5.75 Å². The van der Waals surface area contributed by atoms with Gasteiger partial charge in [-0.3, -0.25) is 4.79 Å². The summed E-state index contributed by atoms with van der Waals surface area (Å²) in [4.78, 5) is 14.9. The number of nitrogens with zero attached hydrogens (tertiary/aromatic N) is 1. The van der Waals surface area contributed by atoms with E-state index in [-0.39, 0.29) is 24.4 Å². The number of benzene rings is 2. The van der Waals surface area contributed by atoms with Crippen molar-refractivity contribution in [2.75, 3.05) is 33.9 Å². The maximum atomic E-state index is 13.0. The molecule has 0 radical (unpaired) electrons. The van der Waals surface area contributed by atoms with E-state index in [9.17, 15) is 4.79 Å². The Bertz CT molecular complexity index is 760. The van der Waals surface area contributed by atoms with E-state index in [0.717, 1.165) is 18.7 Å². The molecule has 1 N–H and O–H groups in total. The third kappa shape index (κ3) is 4.88. The average Bonchev–Trinajstić information content (AvgIpc) is 2.72. The van der Waals surface area contributed by atoms with Crippen molar-refractivity contribution < 1.29 is 19.0 Å². The summed E-state index contributed by atoms with van der Waals surface area (Å²) in [6, 6.07) is 13.4. The molecule has 0 aromatic heterocycles. The largest absolute Gasteiger partial charge is 0.493 e. The molecule has 1 atom stereocenters. The molecule has 2 aromatic carbocycles. The van der Waals surface area contributed by atoms with Crippen LogP contribution in [0.25, 0.3) is 0 Å². The van der Waals surface area contributed by atoms with E-state index >= 15 is 0 Å². The van der Waals surface area contributed by atoms with E-state index in [1.807, 2.05) is 42.2 Å². The zero-order valence-corrected chi connectivity index (χ0v) is 17.3. The van der Waals surface area contributed by atoms with Gasteiger partial charge in [0.05, 0.1) is 14.2 Å². The molecule has 6 nitrogen and oxygen atoms in total. The summed E-state index contributed by atoms with van der Waals surface area (Å²) in [5, 5.41) is 3.29. The van der Waals surface area contributed by atoms with Crippen molar-refractivity contribution in [1.82, 2.24) is 10.2 Å². The van der Waals surface area contributed by atoms with Crippen molar-refractivity contribution in [2.24, 2.45) is 0 Å². The number of hydrogen-bond donors (Lipinski definition) is 1. The number of hydrogen-bond acceptors (Lipinski definition) is 5. The molecule has 7 heteroatoms. The molecule has 1 unspecified atom stereocenters. The highest BCUT2D eigenvalue weighted by molar-refractivity contribution is 5.96. The molecular weight excluding hydrogens is 380 g/mol. The predicted octanol–water partition coefficient (Wildman–Crippen LogP) is 3.14. The summed E-state index contributed by atoms with van der Waals surface area (Å²) in [6.07, 6.45) is 0. The van der Waals surface area contributed by atoms with Crippen LogP contribution in [-0.4, -0.2) is 50.7 Å². The highest BCUT2D eigenvalue weighted by Crippen LogP contribution is 2.39. The van der Waals surface area contributed by atoms with Crippen LogP contribution in [0.3, 0.4) is 0 Å². The topological polar surface area (TPSA) is 60.0 Å². The van der Waals surface area contributed by atoms with E-state index in [2.05, 4.69) is 5.32 Å². The molecule has 1 amide bonds. The molecule has 0 aliphatic carbocycles. The van der Waals surface area contributed by atoms with Crippen LogP contribution in [0, 0.1) is 0 Å². The van der Waals surface area contributed by atoms with Crippen molar-refractivity contribution in [3.8, 4) is 17.2 Å². The number of nitrogens with one attached hydrogen (secondary N) is 1. The third-order valence-electron chi connectivity index (χ3n) is 4.70. The molecule has 152 valence electrons. The van der Waals surface area contributed by atoms with Crippen molar-refractivity contribution in [1.29, 1.82) is 0 Å². The minimum Gasteiger partial charge on any atom is -0.493 e. The number of ether oxygens (including phenoxy) is 3. The van der Waals surface area contributed by atoms with E-state index in [1.54, 1.807) is 26.4 Å². The first-order chi connectivity index (χ1) is 13.1. The van der Waals surface area contributed by atoms with Crippen molar-refractivity contribution in [3.05, 3.63) is 53.6 Å². The second-order valence-electron chi connectivity index (χ2n) is 6.54. The first kappa shape index (κ1) is 21.9. The van der Waals surface area contributed by atoms with Crippen molar-refractivity contribution in [2.45, 2.75) is 19.6 Å². The van der Waals surface area contributed by atoms with Crippen LogP contribution in [0.15, 0.2) is 42.5 Å². The monoisotopic (exact) mass is 406 g/mol. The molecule has 3 rings (SSSR count). The Morgan fingerprint density at radius 2 is 1.79 bits per heavy atom. The molecule has 1 saturated heterocycles. The first-order valence-corrected chi connectivity index (χ1v) is 9.08. The highest BCUT2D eigenvalue weighted by atomic mass is 35.5. The Morgan fingerprint density at radius 1 is 1.14 bits per heavy atom. The van der Waals surface area contributed by atoms with E-state index < -0.39 is 0 Å². The number of methoxy groups -OCH3 is 2. The van der Waals surface area contributed by atoms with Crippen molar-refractivity contribution in [3.63, 3.8) is 0 Å². The Kier molecular flexibility index (Phi) is 7.96. The van der Waals surface area contributed by atoms with Crippen molar-refractivity contribution >= 4 is 18.3 Å². The van der Waals surface area contributed by atoms with Gasteiger partial charge in [-0.05, 0) is 24.6 Å². The molecule has 0 spiro atoms. The van der Waals surface area contributed by atoms with Gasteiger partial charge >= 0.3 is 0 Å². The van der Waals surface area contributed by atoms with Crippen LogP contribution in [-0.2, 0) is 6.61 Å². The van der Waals surface area contributed by atoms with Gasteiger partial charge in [0.15, 0.2) is 11.5 Å². The Morgan fingerprint density at radius 3 is 2.36 bits per heavy atom. The van der Waals surface area contributed by atoms with Gasteiger partial charge in [-0.15, -0.1) is 12.4 Å². The molecule has 1 aliphatic heterocycles. The first-order valence-electron chi connectivity index (χ1n) is 9.08. The van der Waals surface area contributed by atoms with Gasteiger partial charge in [-0.1, -0.05) is 30.3 Å². The lowest BCUT2D eigenvalue weighted by Gasteiger charge is -2.34. The summed E-state index contributed by atoms with van der Waals surface area (Å²) in [7, 11) is 3.12. The van der Waals surface area contributed by atoms with Gasteiger partial charge in [0, 0.05) is 31.2 Å². The molecule has 2 aromatic rings. The second kappa shape index (κ2) is 10.2. The van der Waals surface area contributed by atoms with Crippen LogP contribution in [0.1, 0.15) is 22.8 Å². The molecule has 1 heterocycles. The number of rotatable bonds is 6. The molecule has 0 saturated carbocycles. The number of halogens is 1. The van der Waals surface area contributed by atoms with E-state index in [1.165, 1.54) is 0 Å². The van der Waals surface area contributed by atoms with Gasteiger partial charge in [-0.25, -0.2) is 0 Å². The Labute approximate surface area is 172 Å². The maximum Gasteiger partial charge on any atom is 0.254 e. The maximum absolute atomic E-state index is 13.0. The van der Waals surface area contributed by atoms with Gasteiger partial charge in [0.1, 0.15) is 6.61 Å². The Hall–Kier alpha value is -2.44. The summed E-state index contributed by atoms with van der Waals surface area (Å²) in [5.41, 5.74) is 1.57. The lowest BCUT2D eigenvalue weighted by atomic mass is 10.1. The number of piperazine rings is 1. The molecular formula is C21H27ClN2O4. The fourth-order valence-corrected chi connectivity index (χ4v) is 3.18. The molecule has 0 bridgehead atoms. The smallest absolute Gasteiger partial charge is 0.254 e. The quantitative estimate of drug-likeness (QED) is 0.798. The van der Waals surface area contributed by atoms with E-state index in [0.29, 0.717) is 36.0 Å². The normalized spacial score (nSPS) is 16.1. The number of carbonyl (C=O) groups excluding carboxylic acids is 1. The lowest BCUT2D eigenvalue weighted by Crippen LogP contribution is -2.52. The van der Waals surface area contributed by atoms with Crippen LogP contribution in [0.2, 0.25) is 0 Å². The second-order valence-corrected chi connectivity index (χ2v) is 6.54. The third-order valence-corrected chi connectivity index (χ3v) is 4.70. The van der Waals surface area contributed by atoms with Crippen LogP contribution >= 0.6 is 12.4 Å². The predicted molar refractivity (Wildman–Crippen MR) is 111 cm³/mol. The Balaban J connectivity index is 0.00000280. The SMILES string of the molecule is COc1cc(C(=O)N2CCNCC2C)cc(OC)c1OCc1ccccc1.Cl. The van der Waals surface area contributed by atoms with Crippen LogP contribution < -0.4 is 19.5 Å². The summed E-state index contributed by atoms with van der Waals surface area (Å²) >= 11 is 0. The average molecular weight is 407 g/mol. The van der Waals surface area contributed by atoms with Gasteiger partial charge in [-0.2, -0.15) is 0 Å². The zero-order valence-electron chi connectivity index (χ0n) is 16.4. The molecule has 1 fully saturated rings. The summed E-state index contributed by atoms with van der Waals surface area (Å²) < 4.78 is 16.9. The van der Waals surface area contributed by atoms with Gasteiger partial charge < -0.3 is 24.4 Å². The standard InChI is InChI=1S/C21H26N2O4.ClH/c1-15-13-22-9-10-23(15)21(24)17-11-18(25-2)20(19(12-17)26-3)27-14-16-7-5-4-6-8-16;/h4-8,11-12,15,22H,9-10,13-14H2,1-3H3;1H. The summed E-state index contributed by atoms with van der Waals surface area (Å²) in [6.45, 7) is 4.68. The molecule has 28 heavy (non-hydrogen) atoms. The van der Waals surface area contributed by atoms with Gasteiger partial charge in [0.25, 0.3) is 5.91 Å². The fraction of sp³-hybridized carbons (Fsp3) is 0.381. The van der Waals surface area contributed by atoms with E-state index in [4.69, 9.17) is 14.2 Å². The fourth-order valence-electron chi connectivity index (χ4n) is 3.18. The molecule has 1 aliphatic rings. The summed E-state index contributed by atoms with van der Waals surface area (Å²) in [5.74, 6) is 1.43. The zero-order chi connectivity index (χ0) is 19.2. The minimum absolute atomic E-state index is 0. The van der Waals surface area contributed by atoms with Crippen LogP contribution in [0.4, 0.5) is 0 Å². The number of carbonyl (C=O) groups is 1. The minimum atomic E-state index is -0.0322.